The third-order valence-corrected chi connectivity index (χ3v) is 7.78. The lowest BCUT2D eigenvalue weighted by Crippen LogP contribution is -2.54. The molecule has 1 fully saturated rings. The maximum absolute atomic E-state index is 14.0. The van der Waals surface area contributed by atoms with E-state index in [0.29, 0.717) is 60.2 Å². The minimum atomic E-state index is -0.422. The topological polar surface area (TPSA) is 93.5 Å². The highest BCUT2D eigenvalue weighted by Gasteiger charge is 2.31. The minimum absolute atomic E-state index is 0.0763. The van der Waals surface area contributed by atoms with Gasteiger partial charge in [-0.3, -0.25) is 9.78 Å². The number of pyridine rings is 2. The highest BCUT2D eigenvalue weighted by molar-refractivity contribution is 5.93. The van der Waals surface area contributed by atoms with Crippen molar-refractivity contribution in [3.63, 3.8) is 0 Å². The molecular weight excluding hydrogens is 504 g/mol. The zero-order valence-corrected chi connectivity index (χ0v) is 23.2. The van der Waals surface area contributed by atoms with Gasteiger partial charge in [0.1, 0.15) is 23.9 Å². The van der Waals surface area contributed by atoms with Crippen LogP contribution in [0, 0.1) is 6.92 Å². The van der Waals surface area contributed by atoms with E-state index in [2.05, 4.69) is 35.3 Å². The molecule has 0 unspecified atom stereocenters. The van der Waals surface area contributed by atoms with Gasteiger partial charge in [0.25, 0.3) is 0 Å². The molecule has 3 aromatic heterocycles. The number of carbonyl (C=O) groups is 1. The first-order valence-corrected chi connectivity index (χ1v) is 13.6. The van der Waals surface area contributed by atoms with E-state index in [1.165, 1.54) is 6.08 Å². The Morgan fingerprint density at radius 2 is 1.98 bits per heavy atom. The molecule has 0 saturated carbocycles. The molecule has 0 bridgehead atoms. The zero-order valence-electron chi connectivity index (χ0n) is 23.2. The molecule has 1 atom stereocenters. The fraction of sp³-hybridized carbons (Fsp3) is 0.323. The fourth-order valence-corrected chi connectivity index (χ4v) is 5.75. The molecule has 1 aromatic carbocycles. The Morgan fingerprint density at radius 3 is 2.73 bits per heavy atom. The second-order valence-electron chi connectivity index (χ2n) is 10.8. The molecule has 0 spiro atoms. The van der Waals surface area contributed by atoms with Gasteiger partial charge in [0.2, 0.25) is 5.91 Å². The SMILES string of the molecule is C=CC(=O)N1CCN(c2nc(=O)n(-c3c(C)ccnc3C(C)C)c3nc4c(cc23)OCc2ccccc2-4)[C@@H](C)C1. The smallest absolute Gasteiger partial charge is 0.355 e. The number of nitrogens with zero attached hydrogens (tertiary/aromatic N) is 6. The van der Waals surface area contributed by atoms with Gasteiger partial charge in [0.05, 0.1) is 16.8 Å². The third kappa shape index (κ3) is 4.13. The van der Waals surface area contributed by atoms with Gasteiger partial charge in [-0.25, -0.2) is 14.3 Å². The molecule has 0 N–H and O–H groups in total. The number of fused-ring (bicyclic) bond motifs is 4. The normalized spacial score (nSPS) is 16.5. The lowest BCUT2D eigenvalue weighted by atomic mass is 10.0. The van der Waals surface area contributed by atoms with Crippen molar-refractivity contribution >= 4 is 22.8 Å². The number of aromatic nitrogens is 4. The van der Waals surface area contributed by atoms with Crippen molar-refractivity contribution in [3.8, 4) is 22.7 Å². The third-order valence-electron chi connectivity index (χ3n) is 7.78. The monoisotopic (exact) mass is 536 g/mol. The second kappa shape index (κ2) is 9.89. The molecule has 9 heteroatoms. The second-order valence-corrected chi connectivity index (χ2v) is 10.8. The molecule has 2 aliphatic rings. The summed E-state index contributed by atoms with van der Waals surface area (Å²) in [5.41, 5.74) is 5.23. The average Bonchev–Trinajstić information content (AvgIpc) is 2.95. The van der Waals surface area contributed by atoms with Gasteiger partial charge in [0, 0.05) is 37.4 Å². The van der Waals surface area contributed by atoms with Crippen LogP contribution in [0.4, 0.5) is 5.82 Å². The van der Waals surface area contributed by atoms with Crippen LogP contribution in [0.5, 0.6) is 5.75 Å². The molecule has 6 rings (SSSR count). The summed E-state index contributed by atoms with van der Waals surface area (Å²) >= 11 is 0. The summed E-state index contributed by atoms with van der Waals surface area (Å²) in [7, 11) is 0. The van der Waals surface area contributed by atoms with Crippen LogP contribution in [0.25, 0.3) is 28.0 Å². The van der Waals surface area contributed by atoms with E-state index in [4.69, 9.17) is 9.72 Å². The Labute approximate surface area is 232 Å². The van der Waals surface area contributed by atoms with Crippen molar-refractivity contribution in [1.29, 1.82) is 0 Å². The summed E-state index contributed by atoms with van der Waals surface area (Å²) in [5, 5.41) is 0.714. The molecule has 4 aromatic rings. The first-order valence-electron chi connectivity index (χ1n) is 13.6. The highest BCUT2D eigenvalue weighted by atomic mass is 16.5. The first kappa shape index (κ1) is 25.7. The Balaban J connectivity index is 1.63. The van der Waals surface area contributed by atoms with Gasteiger partial charge >= 0.3 is 5.69 Å². The van der Waals surface area contributed by atoms with Gasteiger partial charge in [-0.2, -0.15) is 4.98 Å². The van der Waals surface area contributed by atoms with Crippen LogP contribution >= 0.6 is 0 Å². The first-order chi connectivity index (χ1) is 19.3. The van der Waals surface area contributed by atoms with Gasteiger partial charge in [-0.05, 0) is 49.1 Å². The summed E-state index contributed by atoms with van der Waals surface area (Å²) in [5.74, 6) is 1.17. The molecule has 9 nitrogen and oxygen atoms in total. The minimum Gasteiger partial charge on any atom is -0.487 e. The van der Waals surface area contributed by atoms with Gasteiger partial charge in [-0.1, -0.05) is 44.7 Å². The van der Waals surface area contributed by atoms with E-state index in [9.17, 15) is 9.59 Å². The van der Waals surface area contributed by atoms with Crippen LogP contribution < -0.4 is 15.3 Å². The van der Waals surface area contributed by atoms with Crippen molar-refractivity contribution in [3.05, 3.63) is 82.6 Å². The van der Waals surface area contributed by atoms with E-state index >= 15 is 0 Å². The van der Waals surface area contributed by atoms with Crippen molar-refractivity contribution in [2.75, 3.05) is 24.5 Å². The van der Waals surface area contributed by atoms with E-state index in [1.807, 2.05) is 50.2 Å². The Hall–Kier alpha value is -4.53. The maximum atomic E-state index is 14.0. The molecule has 0 radical (unpaired) electrons. The number of benzene rings is 1. The molecule has 1 saturated heterocycles. The number of ether oxygens (including phenoxy) is 1. The number of carbonyl (C=O) groups excluding carboxylic acids is 1. The fourth-order valence-electron chi connectivity index (χ4n) is 5.75. The van der Waals surface area contributed by atoms with Crippen molar-refractivity contribution < 1.29 is 9.53 Å². The molecule has 5 heterocycles. The molecule has 2 aliphatic heterocycles. The van der Waals surface area contributed by atoms with Crippen molar-refractivity contribution in [2.45, 2.75) is 46.3 Å². The van der Waals surface area contributed by atoms with Crippen LogP contribution in [0.15, 0.2) is 60.0 Å². The van der Waals surface area contributed by atoms with E-state index in [0.717, 1.165) is 22.4 Å². The van der Waals surface area contributed by atoms with Crippen molar-refractivity contribution in [2.24, 2.45) is 0 Å². The number of piperazine rings is 1. The summed E-state index contributed by atoms with van der Waals surface area (Å²) in [6.07, 6.45) is 3.11. The summed E-state index contributed by atoms with van der Waals surface area (Å²) in [4.78, 5) is 44.6. The lowest BCUT2D eigenvalue weighted by molar-refractivity contribution is -0.126. The number of rotatable bonds is 4. The van der Waals surface area contributed by atoms with Crippen LogP contribution in [-0.2, 0) is 11.4 Å². The van der Waals surface area contributed by atoms with Crippen LogP contribution in [0.3, 0.4) is 0 Å². The van der Waals surface area contributed by atoms with Gasteiger partial charge < -0.3 is 14.5 Å². The molecule has 40 heavy (non-hydrogen) atoms. The van der Waals surface area contributed by atoms with Crippen molar-refractivity contribution in [1.82, 2.24) is 24.4 Å². The predicted molar refractivity (Wildman–Crippen MR) is 155 cm³/mol. The summed E-state index contributed by atoms with van der Waals surface area (Å²) in [6, 6.07) is 11.8. The Morgan fingerprint density at radius 1 is 1.18 bits per heavy atom. The summed E-state index contributed by atoms with van der Waals surface area (Å²) < 4.78 is 7.79. The zero-order chi connectivity index (χ0) is 28.1. The van der Waals surface area contributed by atoms with Gasteiger partial charge in [0.15, 0.2) is 5.65 Å². The number of aryl methyl sites for hydroxylation is 1. The Bertz CT molecular complexity index is 1730. The largest absolute Gasteiger partial charge is 0.487 e. The number of hydrogen-bond donors (Lipinski definition) is 0. The quantitative estimate of drug-likeness (QED) is 0.357. The highest BCUT2D eigenvalue weighted by Crippen LogP contribution is 2.40. The molecule has 0 aliphatic carbocycles. The number of anilines is 1. The predicted octanol–water partition coefficient (Wildman–Crippen LogP) is 4.39. The van der Waals surface area contributed by atoms with Crippen LogP contribution in [-0.4, -0.2) is 56.0 Å². The summed E-state index contributed by atoms with van der Waals surface area (Å²) in [6.45, 7) is 13.7. The van der Waals surface area contributed by atoms with Crippen LogP contribution in [0.1, 0.15) is 43.5 Å². The molecule has 1 amide bonds. The number of hydrogen-bond acceptors (Lipinski definition) is 7. The average molecular weight is 537 g/mol. The number of amides is 1. The lowest BCUT2D eigenvalue weighted by Gasteiger charge is -2.40. The van der Waals surface area contributed by atoms with E-state index in [-0.39, 0.29) is 17.9 Å². The Kier molecular flexibility index (Phi) is 6.37. The molecule has 204 valence electrons. The van der Waals surface area contributed by atoms with E-state index < -0.39 is 5.69 Å². The molecular formula is C31H32N6O3. The standard InChI is InChI=1S/C31H32N6O3/c1-6-25(38)35-13-14-36(20(5)16-35)29-23-15-24-27(22-10-8-7-9-21(22)17-40-24)33-30(23)37(31(39)34-29)28-19(4)11-12-32-26(28)18(2)3/h6-12,15,18,20H,1,13-14,16-17H2,2-5H3/t20-/m0/s1. The van der Waals surface area contributed by atoms with E-state index in [1.54, 1.807) is 15.7 Å². The van der Waals surface area contributed by atoms with Gasteiger partial charge in [-0.15, -0.1) is 0 Å². The maximum Gasteiger partial charge on any atom is 0.355 e. The van der Waals surface area contributed by atoms with Crippen LogP contribution in [0.2, 0.25) is 0 Å².